The van der Waals surface area contributed by atoms with Gasteiger partial charge in [-0.05, 0) is 49.7 Å². The van der Waals surface area contributed by atoms with Gasteiger partial charge in [-0.3, -0.25) is 14.5 Å². The fourth-order valence-corrected chi connectivity index (χ4v) is 5.39. The Labute approximate surface area is 220 Å². The van der Waals surface area contributed by atoms with Gasteiger partial charge in [0.2, 0.25) is 5.76 Å². The van der Waals surface area contributed by atoms with Crippen LogP contribution >= 0.6 is 22.9 Å². The number of thiazole rings is 1. The van der Waals surface area contributed by atoms with Crippen molar-refractivity contribution in [1.29, 1.82) is 0 Å². The van der Waals surface area contributed by atoms with Crippen LogP contribution in [0.3, 0.4) is 0 Å². The molecule has 1 aliphatic rings. The van der Waals surface area contributed by atoms with Crippen LogP contribution in [0, 0.1) is 6.92 Å². The Bertz CT molecular complexity index is 1610. The summed E-state index contributed by atoms with van der Waals surface area (Å²) in [6.07, 6.45) is 1.63. The predicted molar refractivity (Wildman–Crippen MR) is 141 cm³/mol. The summed E-state index contributed by atoms with van der Waals surface area (Å²) in [7, 11) is 0. The van der Waals surface area contributed by atoms with E-state index in [2.05, 4.69) is 11.6 Å². The van der Waals surface area contributed by atoms with E-state index in [0.717, 1.165) is 11.3 Å². The summed E-state index contributed by atoms with van der Waals surface area (Å²) in [4.78, 5) is 46.1. The zero-order chi connectivity index (χ0) is 26.3. The Morgan fingerprint density at radius 1 is 1.24 bits per heavy atom. The molecular formula is C27H21ClN2O6S. The fourth-order valence-electron chi connectivity index (χ4n) is 4.23. The van der Waals surface area contributed by atoms with E-state index in [1.807, 2.05) is 0 Å². The molecule has 0 saturated heterocycles. The summed E-state index contributed by atoms with van der Waals surface area (Å²) in [5.74, 6) is -0.540. The zero-order valence-electron chi connectivity index (χ0n) is 19.9. The highest BCUT2D eigenvalue weighted by atomic mass is 35.5. The molecule has 37 heavy (non-hydrogen) atoms. The van der Waals surface area contributed by atoms with Crippen molar-refractivity contribution in [3.8, 4) is 5.75 Å². The number of carbonyl (C=O) groups excluding carboxylic acids is 2. The molecule has 1 unspecified atom stereocenters. The highest BCUT2D eigenvalue weighted by molar-refractivity contribution is 7.17. The summed E-state index contributed by atoms with van der Waals surface area (Å²) >= 11 is 7.18. The average molecular weight is 537 g/mol. The van der Waals surface area contributed by atoms with Gasteiger partial charge >= 0.3 is 5.97 Å². The number of nitrogens with zero attached hydrogens (tertiary/aromatic N) is 2. The SMILES string of the molecule is C=CCOc1ccc(C2c3c(oc4ccc(Cl)cc4c3=O)C(=O)N2c2nc(C)c(C(=O)OCC)s2)cc1. The van der Waals surface area contributed by atoms with E-state index >= 15 is 0 Å². The number of hydrogen-bond donors (Lipinski definition) is 0. The standard InChI is InChI=1S/C27H21ClN2O6S/c1-4-12-35-17-9-6-15(7-10-17)21-20-22(31)18-13-16(28)8-11-19(18)36-23(20)25(32)30(21)27-29-14(3)24(37-27)26(33)34-5-2/h4,6-11,13,21H,1,5,12H2,2-3H3. The predicted octanol–water partition coefficient (Wildman–Crippen LogP) is 5.70. The van der Waals surface area contributed by atoms with Crippen molar-refractivity contribution in [3.63, 3.8) is 0 Å². The summed E-state index contributed by atoms with van der Waals surface area (Å²) in [5, 5.41) is 0.880. The number of amides is 1. The molecule has 0 bridgehead atoms. The van der Waals surface area contributed by atoms with Crippen LogP contribution < -0.4 is 15.1 Å². The van der Waals surface area contributed by atoms with Crippen LogP contribution in [0.4, 0.5) is 5.13 Å². The molecule has 10 heteroatoms. The second kappa shape index (κ2) is 9.84. The number of aromatic nitrogens is 1. The molecule has 0 fully saturated rings. The second-order valence-electron chi connectivity index (χ2n) is 8.19. The normalized spacial score (nSPS) is 14.6. The Hall–Kier alpha value is -3.95. The maximum Gasteiger partial charge on any atom is 0.350 e. The van der Waals surface area contributed by atoms with Gasteiger partial charge in [0.05, 0.1) is 29.3 Å². The molecule has 5 rings (SSSR count). The van der Waals surface area contributed by atoms with Crippen LogP contribution in [0.25, 0.3) is 11.0 Å². The lowest BCUT2D eigenvalue weighted by Crippen LogP contribution is -2.29. The van der Waals surface area contributed by atoms with Gasteiger partial charge < -0.3 is 13.9 Å². The minimum Gasteiger partial charge on any atom is -0.490 e. The van der Waals surface area contributed by atoms with Gasteiger partial charge in [0.15, 0.2) is 10.6 Å². The van der Waals surface area contributed by atoms with Gasteiger partial charge in [-0.25, -0.2) is 9.78 Å². The number of ether oxygens (including phenoxy) is 2. The number of benzene rings is 2. The third-order valence-corrected chi connectivity index (χ3v) is 7.22. The molecular weight excluding hydrogens is 516 g/mol. The first-order valence-corrected chi connectivity index (χ1v) is 12.6. The lowest BCUT2D eigenvalue weighted by molar-refractivity contribution is 0.0531. The maximum absolute atomic E-state index is 13.8. The van der Waals surface area contributed by atoms with Crippen LogP contribution in [0.5, 0.6) is 5.75 Å². The first kappa shape index (κ1) is 24.7. The zero-order valence-corrected chi connectivity index (χ0v) is 21.5. The van der Waals surface area contributed by atoms with Crippen molar-refractivity contribution in [2.24, 2.45) is 0 Å². The van der Waals surface area contributed by atoms with Crippen molar-refractivity contribution in [1.82, 2.24) is 4.98 Å². The number of halogens is 1. The summed E-state index contributed by atoms with van der Waals surface area (Å²) < 4.78 is 16.7. The van der Waals surface area contributed by atoms with Gasteiger partial charge in [0.1, 0.15) is 22.8 Å². The van der Waals surface area contributed by atoms with Crippen LogP contribution in [0.2, 0.25) is 5.02 Å². The third kappa shape index (κ3) is 4.30. The van der Waals surface area contributed by atoms with E-state index in [4.69, 9.17) is 25.5 Å². The molecule has 2 aromatic heterocycles. The first-order valence-electron chi connectivity index (χ1n) is 11.4. The van der Waals surface area contributed by atoms with Crippen molar-refractivity contribution >= 4 is 50.9 Å². The number of aryl methyl sites for hydroxylation is 1. The van der Waals surface area contributed by atoms with E-state index in [9.17, 15) is 14.4 Å². The van der Waals surface area contributed by atoms with E-state index in [1.165, 1.54) is 11.0 Å². The highest BCUT2D eigenvalue weighted by Gasteiger charge is 2.45. The molecule has 3 heterocycles. The van der Waals surface area contributed by atoms with E-state index in [-0.39, 0.29) is 44.3 Å². The van der Waals surface area contributed by atoms with Gasteiger partial charge in [0.25, 0.3) is 5.91 Å². The van der Waals surface area contributed by atoms with Gasteiger partial charge in [-0.1, -0.05) is 47.7 Å². The molecule has 1 atom stereocenters. The molecule has 1 amide bonds. The number of fused-ring (bicyclic) bond motifs is 2. The largest absolute Gasteiger partial charge is 0.490 e. The minimum absolute atomic E-state index is 0.0812. The number of hydrogen-bond acceptors (Lipinski definition) is 8. The number of rotatable bonds is 7. The molecule has 0 N–H and O–H groups in total. The smallest absolute Gasteiger partial charge is 0.350 e. The third-order valence-electron chi connectivity index (χ3n) is 5.85. The van der Waals surface area contributed by atoms with Crippen LogP contribution in [-0.4, -0.2) is 30.1 Å². The van der Waals surface area contributed by atoms with Crippen molar-refractivity contribution in [2.45, 2.75) is 19.9 Å². The molecule has 2 aromatic carbocycles. The molecule has 0 aliphatic carbocycles. The number of anilines is 1. The van der Waals surface area contributed by atoms with Crippen molar-refractivity contribution in [3.05, 3.63) is 97.8 Å². The summed E-state index contributed by atoms with van der Waals surface area (Å²) in [6, 6.07) is 10.8. The molecule has 8 nitrogen and oxygen atoms in total. The summed E-state index contributed by atoms with van der Waals surface area (Å²) in [5.41, 5.74) is 1.11. The fraction of sp³-hybridized carbons (Fsp3) is 0.185. The van der Waals surface area contributed by atoms with Crippen LogP contribution in [0.1, 0.15) is 50.0 Å². The number of esters is 1. The van der Waals surface area contributed by atoms with Crippen molar-refractivity contribution < 1.29 is 23.5 Å². The monoisotopic (exact) mass is 536 g/mol. The molecule has 4 aromatic rings. The molecule has 0 saturated carbocycles. The Balaban J connectivity index is 1.70. The molecule has 188 valence electrons. The first-order chi connectivity index (χ1) is 17.8. The van der Waals surface area contributed by atoms with Gasteiger partial charge in [-0.15, -0.1) is 0 Å². The minimum atomic E-state index is -0.851. The van der Waals surface area contributed by atoms with Crippen LogP contribution in [-0.2, 0) is 4.74 Å². The molecule has 1 aliphatic heterocycles. The van der Waals surface area contributed by atoms with Gasteiger partial charge in [0, 0.05) is 5.02 Å². The highest BCUT2D eigenvalue weighted by Crippen LogP contribution is 2.43. The quantitative estimate of drug-likeness (QED) is 0.220. The van der Waals surface area contributed by atoms with E-state index in [0.29, 0.717) is 28.6 Å². The number of carbonyl (C=O) groups is 2. The molecule has 0 spiro atoms. The Morgan fingerprint density at radius 2 is 2.00 bits per heavy atom. The maximum atomic E-state index is 13.8. The lowest BCUT2D eigenvalue weighted by Gasteiger charge is -2.22. The average Bonchev–Trinajstić information content (AvgIpc) is 3.41. The molecule has 0 radical (unpaired) electrons. The second-order valence-corrected chi connectivity index (χ2v) is 9.61. The summed E-state index contributed by atoms with van der Waals surface area (Å²) in [6.45, 7) is 7.56. The Morgan fingerprint density at radius 3 is 2.70 bits per heavy atom. The van der Waals surface area contributed by atoms with Crippen molar-refractivity contribution in [2.75, 3.05) is 18.1 Å². The van der Waals surface area contributed by atoms with E-state index in [1.54, 1.807) is 56.3 Å². The van der Waals surface area contributed by atoms with Crippen LogP contribution in [0.15, 0.2) is 64.3 Å². The lowest BCUT2D eigenvalue weighted by atomic mass is 9.98. The topological polar surface area (TPSA) is 98.9 Å². The van der Waals surface area contributed by atoms with E-state index < -0.39 is 17.9 Å². The Kier molecular flexibility index (Phi) is 6.57. The van der Waals surface area contributed by atoms with Gasteiger partial charge in [-0.2, -0.15) is 0 Å².